The summed E-state index contributed by atoms with van der Waals surface area (Å²) in [4.78, 5) is 2.38. The normalized spacial score (nSPS) is 25.1. The summed E-state index contributed by atoms with van der Waals surface area (Å²) in [7, 11) is 2.18. The Balaban J connectivity index is 1.66. The lowest BCUT2D eigenvalue weighted by Gasteiger charge is -2.30. The van der Waals surface area contributed by atoms with E-state index in [2.05, 4.69) is 29.5 Å². The van der Waals surface area contributed by atoms with Gasteiger partial charge < -0.3 is 15.5 Å². The standard InChI is InChI=1S/C12H23N3S/c1-9(10-3-4-10)13-12(16)14-11-5-7-15(2)8-6-11/h9-11H,3-8H2,1-2H3,(H2,13,14,16)/t9-/m0/s1. The molecule has 0 aromatic rings. The summed E-state index contributed by atoms with van der Waals surface area (Å²) in [6.07, 6.45) is 5.14. The molecule has 92 valence electrons. The Bertz CT molecular complexity index is 245. The van der Waals surface area contributed by atoms with E-state index in [0.717, 1.165) is 11.0 Å². The van der Waals surface area contributed by atoms with E-state index in [1.165, 1.54) is 38.8 Å². The van der Waals surface area contributed by atoms with Crippen LogP contribution in [0.4, 0.5) is 0 Å². The molecule has 0 unspecified atom stereocenters. The smallest absolute Gasteiger partial charge is 0.166 e. The van der Waals surface area contributed by atoms with E-state index in [4.69, 9.17) is 12.2 Å². The summed E-state index contributed by atoms with van der Waals surface area (Å²) < 4.78 is 0. The minimum absolute atomic E-state index is 0.547. The average Bonchev–Trinajstić information content (AvgIpc) is 3.04. The second-order valence-electron chi connectivity index (χ2n) is 5.32. The monoisotopic (exact) mass is 241 g/mol. The zero-order valence-corrected chi connectivity index (χ0v) is 11.1. The number of likely N-dealkylation sites (tertiary alicyclic amines) is 1. The van der Waals surface area contributed by atoms with Gasteiger partial charge in [0.05, 0.1) is 0 Å². The molecule has 0 bridgehead atoms. The summed E-state index contributed by atoms with van der Waals surface area (Å²) in [6, 6.07) is 1.12. The van der Waals surface area contributed by atoms with Gasteiger partial charge in [0.15, 0.2) is 5.11 Å². The first kappa shape index (κ1) is 12.1. The highest BCUT2D eigenvalue weighted by Gasteiger charge is 2.28. The van der Waals surface area contributed by atoms with Gasteiger partial charge in [-0.3, -0.25) is 0 Å². The molecule has 2 N–H and O–H groups in total. The van der Waals surface area contributed by atoms with Crippen LogP contribution in [0.3, 0.4) is 0 Å². The molecule has 2 rings (SSSR count). The fourth-order valence-corrected chi connectivity index (χ4v) is 2.65. The molecular formula is C12H23N3S. The first-order chi connectivity index (χ1) is 7.65. The van der Waals surface area contributed by atoms with Crippen molar-refractivity contribution >= 4 is 17.3 Å². The lowest BCUT2D eigenvalue weighted by Crippen LogP contribution is -2.49. The number of nitrogens with one attached hydrogen (secondary N) is 2. The fourth-order valence-electron chi connectivity index (χ4n) is 2.30. The molecule has 16 heavy (non-hydrogen) atoms. The van der Waals surface area contributed by atoms with Gasteiger partial charge in [-0.2, -0.15) is 0 Å². The third-order valence-electron chi connectivity index (χ3n) is 3.74. The van der Waals surface area contributed by atoms with Crippen molar-refractivity contribution in [2.75, 3.05) is 20.1 Å². The van der Waals surface area contributed by atoms with Crippen molar-refractivity contribution in [2.45, 2.75) is 44.7 Å². The molecule has 0 aromatic carbocycles. The summed E-state index contributed by atoms with van der Waals surface area (Å²) in [5.41, 5.74) is 0. The first-order valence-electron chi connectivity index (χ1n) is 6.40. The SMILES string of the molecule is C[C@H](NC(=S)NC1CCN(C)CC1)C1CC1. The number of hydrogen-bond donors (Lipinski definition) is 2. The Hall–Kier alpha value is -0.350. The lowest BCUT2D eigenvalue weighted by atomic mass is 10.1. The minimum Gasteiger partial charge on any atom is -0.360 e. The van der Waals surface area contributed by atoms with Crippen LogP contribution >= 0.6 is 12.2 Å². The van der Waals surface area contributed by atoms with Gasteiger partial charge in [0.2, 0.25) is 0 Å². The molecule has 1 saturated heterocycles. The van der Waals surface area contributed by atoms with Crippen molar-refractivity contribution < 1.29 is 0 Å². The molecule has 0 aromatic heterocycles. The maximum absolute atomic E-state index is 5.35. The maximum Gasteiger partial charge on any atom is 0.166 e. The van der Waals surface area contributed by atoms with E-state index in [0.29, 0.717) is 12.1 Å². The second-order valence-corrected chi connectivity index (χ2v) is 5.73. The topological polar surface area (TPSA) is 27.3 Å². The Morgan fingerprint density at radius 1 is 1.25 bits per heavy atom. The fraction of sp³-hybridized carbons (Fsp3) is 0.917. The molecule has 0 spiro atoms. The van der Waals surface area contributed by atoms with Crippen LogP contribution in [0.25, 0.3) is 0 Å². The van der Waals surface area contributed by atoms with E-state index in [1.807, 2.05) is 0 Å². The van der Waals surface area contributed by atoms with Crippen molar-refractivity contribution in [1.29, 1.82) is 0 Å². The predicted molar refractivity (Wildman–Crippen MR) is 71.6 cm³/mol. The van der Waals surface area contributed by atoms with E-state index >= 15 is 0 Å². The molecule has 1 heterocycles. The first-order valence-corrected chi connectivity index (χ1v) is 6.81. The van der Waals surface area contributed by atoms with Crippen LogP contribution in [-0.2, 0) is 0 Å². The highest BCUT2D eigenvalue weighted by Crippen LogP contribution is 2.32. The van der Waals surface area contributed by atoms with Gasteiger partial charge in [-0.15, -0.1) is 0 Å². The molecule has 2 fully saturated rings. The van der Waals surface area contributed by atoms with Gasteiger partial charge in [0.1, 0.15) is 0 Å². The van der Waals surface area contributed by atoms with Gasteiger partial charge in [0.25, 0.3) is 0 Å². The molecule has 0 amide bonds. The largest absolute Gasteiger partial charge is 0.360 e. The third-order valence-corrected chi connectivity index (χ3v) is 3.98. The van der Waals surface area contributed by atoms with Gasteiger partial charge in [-0.1, -0.05) is 0 Å². The van der Waals surface area contributed by atoms with Crippen LogP contribution < -0.4 is 10.6 Å². The number of nitrogens with zero attached hydrogens (tertiary/aromatic N) is 1. The van der Waals surface area contributed by atoms with Gasteiger partial charge >= 0.3 is 0 Å². The van der Waals surface area contributed by atoms with E-state index in [1.54, 1.807) is 0 Å². The van der Waals surface area contributed by atoms with Crippen LogP contribution in [0.15, 0.2) is 0 Å². The number of piperidine rings is 1. The summed E-state index contributed by atoms with van der Waals surface area (Å²) in [6.45, 7) is 4.59. The molecule has 1 atom stereocenters. The summed E-state index contributed by atoms with van der Waals surface area (Å²) in [5.74, 6) is 0.859. The molecular weight excluding hydrogens is 218 g/mol. The molecule has 1 aliphatic carbocycles. The summed E-state index contributed by atoms with van der Waals surface area (Å²) in [5, 5.41) is 7.71. The molecule has 1 aliphatic heterocycles. The number of hydrogen-bond acceptors (Lipinski definition) is 2. The molecule has 0 radical (unpaired) electrons. The molecule has 2 aliphatic rings. The van der Waals surface area contributed by atoms with Crippen LogP contribution in [0, 0.1) is 5.92 Å². The zero-order valence-electron chi connectivity index (χ0n) is 10.3. The van der Waals surface area contributed by atoms with E-state index in [9.17, 15) is 0 Å². The predicted octanol–water partition coefficient (Wildman–Crippen LogP) is 1.34. The highest BCUT2D eigenvalue weighted by molar-refractivity contribution is 7.80. The average molecular weight is 241 g/mol. The van der Waals surface area contributed by atoms with Crippen LogP contribution in [-0.4, -0.2) is 42.2 Å². The lowest BCUT2D eigenvalue weighted by molar-refractivity contribution is 0.246. The van der Waals surface area contributed by atoms with Crippen LogP contribution in [0.1, 0.15) is 32.6 Å². The van der Waals surface area contributed by atoms with Gasteiger partial charge in [-0.25, -0.2) is 0 Å². The number of rotatable bonds is 3. The Morgan fingerprint density at radius 2 is 1.88 bits per heavy atom. The van der Waals surface area contributed by atoms with Crippen molar-refractivity contribution in [1.82, 2.24) is 15.5 Å². The third kappa shape index (κ3) is 3.59. The van der Waals surface area contributed by atoms with E-state index in [-0.39, 0.29) is 0 Å². The zero-order chi connectivity index (χ0) is 11.5. The highest BCUT2D eigenvalue weighted by atomic mass is 32.1. The van der Waals surface area contributed by atoms with Crippen LogP contribution in [0.5, 0.6) is 0 Å². The van der Waals surface area contributed by atoms with Crippen LogP contribution in [0.2, 0.25) is 0 Å². The Morgan fingerprint density at radius 3 is 2.44 bits per heavy atom. The van der Waals surface area contributed by atoms with E-state index < -0.39 is 0 Å². The van der Waals surface area contributed by atoms with Crippen molar-refractivity contribution in [2.24, 2.45) is 5.92 Å². The second kappa shape index (κ2) is 5.32. The van der Waals surface area contributed by atoms with Gasteiger partial charge in [-0.05, 0) is 70.9 Å². The Kier molecular flexibility index (Phi) is 4.03. The molecule has 1 saturated carbocycles. The maximum atomic E-state index is 5.35. The van der Waals surface area contributed by atoms with Crippen molar-refractivity contribution in [3.63, 3.8) is 0 Å². The van der Waals surface area contributed by atoms with Crippen molar-refractivity contribution in [3.8, 4) is 0 Å². The van der Waals surface area contributed by atoms with Crippen molar-refractivity contribution in [3.05, 3.63) is 0 Å². The number of thiocarbonyl (C=S) groups is 1. The molecule has 3 nitrogen and oxygen atoms in total. The molecule has 4 heteroatoms. The summed E-state index contributed by atoms with van der Waals surface area (Å²) >= 11 is 5.35. The quantitative estimate of drug-likeness (QED) is 0.729. The Labute approximate surface area is 104 Å². The van der Waals surface area contributed by atoms with Gasteiger partial charge in [0, 0.05) is 12.1 Å². The minimum atomic E-state index is 0.547.